The third kappa shape index (κ3) is 3.65. The molecule has 0 spiro atoms. The van der Waals surface area contributed by atoms with E-state index in [1.165, 1.54) is 12.8 Å². The van der Waals surface area contributed by atoms with E-state index in [4.69, 9.17) is 4.74 Å². The van der Waals surface area contributed by atoms with Gasteiger partial charge in [0.2, 0.25) is 11.8 Å². The van der Waals surface area contributed by atoms with Crippen molar-refractivity contribution in [3.05, 3.63) is 29.8 Å². The number of nitrogens with zero attached hydrogens (tertiary/aromatic N) is 1. The van der Waals surface area contributed by atoms with Crippen LogP contribution in [0.5, 0.6) is 5.75 Å². The molecule has 2 amide bonds. The first kappa shape index (κ1) is 17.8. The van der Waals surface area contributed by atoms with Crippen LogP contribution in [-0.2, 0) is 9.59 Å². The van der Waals surface area contributed by atoms with Gasteiger partial charge in [0.1, 0.15) is 5.75 Å². The van der Waals surface area contributed by atoms with Gasteiger partial charge >= 0.3 is 0 Å². The number of piperidine rings is 1. The Morgan fingerprint density at radius 2 is 1.96 bits per heavy atom. The van der Waals surface area contributed by atoms with Crippen molar-refractivity contribution in [2.75, 3.05) is 13.7 Å². The highest BCUT2D eigenvalue weighted by Gasteiger charge is 2.41. The summed E-state index contributed by atoms with van der Waals surface area (Å²) in [7, 11) is 1.63. The number of hydrogen-bond donors (Lipinski definition) is 1. The monoisotopic (exact) mass is 344 g/mol. The highest BCUT2D eigenvalue weighted by molar-refractivity contribution is 5.85. The number of ether oxygens (including phenoxy) is 1. The van der Waals surface area contributed by atoms with Crippen molar-refractivity contribution >= 4 is 11.8 Å². The van der Waals surface area contributed by atoms with Crippen LogP contribution in [0.3, 0.4) is 0 Å². The lowest BCUT2D eigenvalue weighted by Gasteiger charge is -2.41. The van der Waals surface area contributed by atoms with Gasteiger partial charge in [-0.3, -0.25) is 9.59 Å². The van der Waals surface area contributed by atoms with Gasteiger partial charge in [-0.2, -0.15) is 0 Å². The zero-order valence-corrected chi connectivity index (χ0v) is 15.2. The van der Waals surface area contributed by atoms with Crippen LogP contribution in [0, 0.1) is 5.92 Å². The number of amides is 2. The summed E-state index contributed by atoms with van der Waals surface area (Å²) >= 11 is 0. The van der Waals surface area contributed by atoms with Crippen LogP contribution >= 0.6 is 0 Å². The summed E-state index contributed by atoms with van der Waals surface area (Å²) in [6, 6.07) is 7.75. The van der Waals surface area contributed by atoms with Gasteiger partial charge in [0.15, 0.2) is 0 Å². The quantitative estimate of drug-likeness (QED) is 0.893. The Hall–Kier alpha value is -2.04. The lowest BCUT2D eigenvalue weighted by molar-refractivity contribution is -0.143. The summed E-state index contributed by atoms with van der Waals surface area (Å²) in [5.41, 5.74) is 0.923. The average Bonchev–Trinajstić information content (AvgIpc) is 3.14. The Morgan fingerprint density at radius 3 is 2.64 bits per heavy atom. The molecule has 1 aliphatic heterocycles. The number of benzene rings is 1. The minimum Gasteiger partial charge on any atom is -0.496 e. The molecule has 0 bridgehead atoms. The Morgan fingerprint density at radius 1 is 1.24 bits per heavy atom. The van der Waals surface area contributed by atoms with Crippen LogP contribution < -0.4 is 10.1 Å². The number of carbonyl (C=O) groups excluding carboxylic acids is 2. The number of likely N-dealkylation sites (tertiary alicyclic amines) is 1. The predicted molar refractivity (Wildman–Crippen MR) is 96.2 cm³/mol. The molecule has 136 valence electrons. The molecule has 1 aliphatic carbocycles. The molecule has 2 aliphatic rings. The van der Waals surface area contributed by atoms with Gasteiger partial charge in [-0.15, -0.1) is 0 Å². The van der Waals surface area contributed by atoms with E-state index in [2.05, 4.69) is 5.32 Å². The molecule has 0 unspecified atom stereocenters. The van der Waals surface area contributed by atoms with Crippen molar-refractivity contribution in [3.63, 3.8) is 0 Å². The normalized spacial score (nSPS) is 24.4. The minimum atomic E-state index is -0.260. The molecule has 3 rings (SSSR count). The SMILES string of the molecule is CCN1C(=O)CC[C@@H](C(=O)NC2CCCC2)[C@@H]1c1ccccc1OC. The maximum Gasteiger partial charge on any atom is 0.225 e. The second kappa shape index (κ2) is 7.89. The maximum atomic E-state index is 13.0. The Kier molecular flexibility index (Phi) is 5.61. The molecule has 1 aromatic carbocycles. The predicted octanol–water partition coefficient (Wildman–Crippen LogP) is 3.05. The van der Waals surface area contributed by atoms with Gasteiger partial charge in [-0.1, -0.05) is 31.0 Å². The molecule has 1 heterocycles. The minimum absolute atomic E-state index is 0.0776. The number of hydrogen-bond acceptors (Lipinski definition) is 3. The van der Waals surface area contributed by atoms with Gasteiger partial charge in [0, 0.05) is 24.6 Å². The first-order valence-electron chi connectivity index (χ1n) is 9.38. The molecule has 5 nitrogen and oxygen atoms in total. The van der Waals surface area contributed by atoms with Gasteiger partial charge in [0.25, 0.3) is 0 Å². The van der Waals surface area contributed by atoms with Crippen LogP contribution in [0.1, 0.15) is 57.1 Å². The van der Waals surface area contributed by atoms with Crippen LogP contribution in [0.25, 0.3) is 0 Å². The molecule has 0 aromatic heterocycles. The standard InChI is InChI=1S/C20H28N2O3/c1-3-22-18(23)13-12-16(20(24)21-14-8-4-5-9-14)19(22)15-10-6-7-11-17(15)25-2/h6-7,10-11,14,16,19H,3-5,8-9,12-13H2,1-2H3,(H,21,24)/t16-,19+/m1/s1. The Labute approximate surface area is 149 Å². The van der Waals surface area contributed by atoms with E-state index in [0.717, 1.165) is 24.2 Å². The number of nitrogens with one attached hydrogen (secondary N) is 1. The van der Waals surface area contributed by atoms with Crippen LogP contribution in [0.15, 0.2) is 24.3 Å². The number of carbonyl (C=O) groups is 2. The summed E-state index contributed by atoms with van der Waals surface area (Å²) in [6.07, 6.45) is 5.53. The molecule has 25 heavy (non-hydrogen) atoms. The third-order valence-electron chi connectivity index (χ3n) is 5.54. The van der Waals surface area contributed by atoms with E-state index in [0.29, 0.717) is 25.4 Å². The molecule has 1 N–H and O–H groups in total. The van der Waals surface area contributed by atoms with Crippen molar-refractivity contribution in [1.82, 2.24) is 10.2 Å². The topological polar surface area (TPSA) is 58.6 Å². The van der Waals surface area contributed by atoms with E-state index in [9.17, 15) is 9.59 Å². The van der Waals surface area contributed by atoms with Crippen LogP contribution in [-0.4, -0.2) is 36.4 Å². The molecule has 2 fully saturated rings. The number of methoxy groups -OCH3 is 1. The fraction of sp³-hybridized carbons (Fsp3) is 0.600. The molecular formula is C20H28N2O3. The maximum absolute atomic E-state index is 13.0. The second-order valence-corrected chi connectivity index (χ2v) is 7.00. The van der Waals surface area contributed by atoms with Gasteiger partial charge < -0.3 is 15.0 Å². The molecule has 5 heteroatoms. The largest absolute Gasteiger partial charge is 0.496 e. The summed E-state index contributed by atoms with van der Waals surface area (Å²) < 4.78 is 5.52. The van der Waals surface area contributed by atoms with Crippen molar-refractivity contribution in [1.29, 1.82) is 0 Å². The van der Waals surface area contributed by atoms with E-state index in [1.54, 1.807) is 7.11 Å². The molecule has 1 aromatic rings. The average molecular weight is 344 g/mol. The third-order valence-corrected chi connectivity index (χ3v) is 5.54. The first-order chi connectivity index (χ1) is 12.2. The van der Waals surface area contributed by atoms with Crippen LogP contribution in [0.4, 0.5) is 0 Å². The van der Waals surface area contributed by atoms with E-state index in [1.807, 2.05) is 36.1 Å². The van der Waals surface area contributed by atoms with Crippen molar-refractivity contribution in [2.24, 2.45) is 5.92 Å². The molecule has 0 radical (unpaired) electrons. The zero-order chi connectivity index (χ0) is 17.8. The highest BCUT2D eigenvalue weighted by Crippen LogP contribution is 2.40. The lowest BCUT2D eigenvalue weighted by atomic mass is 9.83. The lowest BCUT2D eigenvalue weighted by Crippen LogP contribution is -2.49. The second-order valence-electron chi connectivity index (χ2n) is 7.00. The summed E-state index contributed by atoms with van der Waals surface area (Å²) in [5.74, 6) is 0.700. The fourth-order valence-corrected chi connectivity index (χ4v) is 4.27. The Bertz CT molecular complexity index is 625. The van der Waals surface area contributed by atoms with E-state index < -0.39 is 0 Å². The zero-order valence-electron chi connectivity index (χ0n) is 15.2. The smallest absolute Gasteiger partial charge is 0.225 e. The fourth-order valence-electron chi connectivity index (χ4n) is 4.27. The summed E-state index contributed by atoms with van der Waals surface area (Å²) in [4.78, 5) is 27.3. The number of para-hydroxylation sites is 1. The summed E-state index contributed by atoms with van der Waals surface area (Å²) in [5, 5.41) is 3.23. The van der Waals surface area contributed by atoms with E-state index in [-0.39, 0.29) is 23.8 Å². The van der Waals surface area contributed by atoms with E-state index >= 15 is 0 Å². The highest BCUT2D eigenvalue weighted by atomic mass is 16.5. The van der Waals surface area contributed by atoms with Crippen molar-refractivity contribution in [3.8, 4) is 5.75 Å². The molecular weight excluding hydrogens is 316 g/mol. The molecule has 1 saturated carbocycles. The van der Waals surface area contributed by atoms with Crippen LogP contribution in [0.2, 0.25) is 0 Å². The van der Waals surface area contributed by atoms with Crippen molar-refractivity contribution < 1.29 is 14.3 Å². The summed E-state index contributed by atoms with van der Waals surface area (Å²) in [6.45, 7) is 2.56. The molecule has 2 atom stereocenters. The number of rotatable bonds is 5. The Balaban J connectivity index is 1.91. The van der Waals surface area contributed by atoms with Gasteiger partial charge in [-0.05, 0) is 32.3 Å². The first-order valence-corrected chi connectivity index (χ1v) is 9.38. The van der Waals surface area contributed by atoms with Gasteiger partial charge in [-0.25, -0.2) is 0 Å². The van der Waals surface area contributed by atoms with Gasteiger partial charge in [0.05, 0.1) is 19.1 Å². The van der Waals surface area contributed by atoms with Crippen molar-refractivity contribution in [2.45, 2.75) is 57.5 Å². The molecule has 1 saturated heterocycles.